The SMILES string of the molecule is COc1ccccc1/C=C1\NC(=S)N(Cc2ccccc2Cl)C1=O. The first-order valence-electron chi connectivity index (χ1n) is 7.31. The molecule has 0 atom stereocenters. The molecule has 3 rings (SSSR count). The number of benzene rings is 2. The van der Waals surface area contributed by atoms with Gasteiger partial charge in [-0.25, -0.2) is 0 Å². The van der Waals surface area contributed by atoms with Crippen molar-refractivity contribution in [2.75, 3.05) is 7.11 Å². The number of nitrogens with one attached hydrogen (secondary N) is 1. The number of nitrogens with zero attached hydrogens (tertiary/aromatic N) is 1. The molecule has 1 N–H and O–H groups in total. The molecule has 1 fully saturated rings. The number of carbonyl (C=O) groups is 1. The second kappa shape index (κ2) is 7.03. The number of amides is 1. The van der Waals surface area contributed by atoms with E-state index in [4.69, 9.17) is 28.6 Å². The van der Waals surface area contributed by atoms with Gasteiger partial charge in [0.1, 0.15) is 11.4 Å². The molecule has 122 valence electrons. The van der Waals surface area contributed by atoms with Crippen molar-refractivity contribution in [1.29, 1.82) is 0 Å². The summed E-state index contributed by atoms with van der Waals surface area (Å²) in [5.74, 6) is 0.501. The summed E-state index contributed by atoms with van der Waals surface area (Å²) in [7, 11) is 1.59. The topological polar surface area (TPSA) is 41.6 Å². The summed E-state index contributed by atoms with van der Waals surface area (Å²) in [6, 6.07) is 14.9. The zero-order valence-electron chi connectivity index (χ0n) is 13.0. The molecule has 0 saturated carbocycles. The van der Waals surface area contributed by atoms with Crippen LogP contribution in [0.15, 0.2) is 54.2 Å². The molecule has 0 aromatic heterocycles. The fraction of sp³-hybridized carbons (Fsp3) is 0.111. The Morgan fingerprint density at radius 3 is 2.67 bits per heavy atom. The van der Waals surface area contributed by atoms with Crippen molar-refractivity contribution in [3.63, 3.8) is 0 Å². The molecule has 0 unspecified atom stereocenters. The van der Waals surface area contributed by atoms with Crippen LogP contribution in [0.3, 0.4) is 0 Å². The number of para-hydroxylation sites is 1. The molecule has 1 heterocycles. The molecule has 24 heavy (non-hydrogen) atoms. The lowest BCUT2D eigenvalue weighted by molar-refractivity contribution is -0.122. The third-order valence-electron chi connectivity index (χ3n) is 3.69. The van der Waals surface area contributed by atoms with Crippen molar-refractivity contribution >= 4 is 40.9 Å². The Morgan fingerprint density at radius 1 is 1.21 bits per heavy atom. The van der Waals surface area contributed by atoms with Crippen LogP contribution < -0.4 is 10.1 Å². The van der Waals surface area contributed by atoms with Crippen molar-refractivity contribution in [3.05, 3.63) is 70.4 Å². The summed E-state index contributed by atoms with van der Waals surface area (Å²) < 4.78 is 5.31. The van der Waals surface area contributed by atoms with Crippen LogP contribution in [-0.4, -0.2) is 23.0 Å². The van der Waals surface area contributed by atoms with Crippen LogP contribution in [0.4, 0.5) is 0 Å². The zero-order valence-corrected chi connectivity index (χ0v) is 14.5. The molecule has 1 saturated heterocycles. The lowest BCUT2D eigenvalue weighted by Gasteiger charge is -2.14. The van der Waals surface area contributed by atoms with Gasteiger partial charge >= 0.3 is 0 Å². The van der Waals surface area contributed by atoms with E-state index < -0.39 is 0 Å². The third kappa shape index (κ3) is 3.27. The van der Waals surface area contributed by atoms with E-state index in [2.05, 4.69) is 5.32 Å². The largest absolute Gasteiger partial charge is 0.496 e. The van der Waals surface area contributed by atoms with Gasteiger partial charge in [0.15, 0.2) is 5.11 Å². The van der Waals surface area contributed by atoms with Crippen LogP contribution in [0.2, 0.25) is 5.02 Å². The van der Waals surface area contributed by atoms with E-state index in [9.17, 15) is 4.79 Å². The summed E-state index contributed by atoms with van der Waals surface area (Å²) in [6.07, 6.45) is 1.74. The van der Waals surface area contributed by atoms with Crippen molar-refractivity contribution < 1.29 is 9.53 Å². The average molecular weight is 359 g/mol. The standard InChI is InChI=1S/C18H15ClN2O2S/c1-23-16-9-5-3-6-12(16)10-15-17(22)21(18(24)20-15)11-13-7-2-4-8-14(13)19/h2-10H,11H2,1H3,(H,20,24)/b15-10-. The number of carbonyl (C=O) groups excluding carboxylic acids is 1. The normalized spacial score (nSPS) is 15.8. The second-order valence-corrected chi connectivity index (χ2v) is 6.01. The van der Waals surface area contributed by atoms with E-state index in [0.717, 1.165) is 11.1 Å². The Hall–Kier alpha value is -2.37. The highest BCUT2D eigenvalue weighted by Gasteiger charge is 2.31. The minimum Gasteiger partial charge on any atom is -0.496 e. The molecule has 4 nitrogen and oxygen atoms in total. The Morgan fingerprint density at radius 2 is 1.92 bits per heavy atom. The van der Waals surface area contributed by atoms with E-state index in [1.165, 1.54) is 4.90 Å². The lowest BCUT2D eigenvalue weighted by Crippen LogP contribution is -2.30. The van der Waals surface area contributed by atoms with Gasteiger partial charge in [0, 0.05) is 10.6 Å². The maximum absolute atomic E-state index is 12.7. The van der Waals surface area contributed by atoms with Gasteiger partial charge in [-0.15, -0.1) is 0 Å². The van der Waals surface area contributed by atoms with Crippen LogP contribution in [0.1, 0.15) is 11.1 Å². The maximum atomic E-state index is 12.7. The molecule has 0 radical (unpaired) electrons. The average Bonchev–Trinajstić information content (AvgIpc) is 2.85. The highest BCUT2D eigenvalue weighted by molar-refractivity contribution is 7.80. The van der Waals surface area contributed by atoms with Gasteiger partial charge in [0.25, 0.3) is 5.91 Å². The van der Waals surface area contributed by atoms with E-state index >= 15 is 0 Å². The number of rotatable bonds is 4. The molecule has 2 aromatic rings. The van der Waals surface area contributed by atoms with Gasteiger partial charge < -0.3 is 10.1 Å². The van der Waals surface area contributed by atoms with Crippen LogP contribution >= 0.6 is 23.8 Å². The number of hydrogen-bond donors (Lipinski definition) is 1. The van der Waals surface area contributed by atoms with Crippen LogP contribution in [0, 0.1) is 0 Å². The lowest BCUT2D eigenvalue weighted by atomic mass is 10.1. The first kappa shape index (κ1) is 16.5. The van der Waals surface area contributed by atoms with Gasteiger partial charge in [-0.2, -0.15) is 0 Å². The van der Waals surface area contributed by atoms with Crippen molar-refractivity contribution in [2.45, 2.75) is 6.54 Å². The van der Waals surface area contributed by atoms with Crippen LogP contribution in [0.25, 0.3) is 6.08 Å². The molecular formula is C18H15ClN2O2S. The quantitative estimate of drug-likeness (QED) is 0.669. The predicted octanol–water partition coefficient (Wildman–Crippen LogP) is 3.61. The van der Waals surface area contributed by atoms with Gasteiger partial charge in [0.05, 0.1) is 13.7 Å². The second-order valence-electron chi connectivity index (χ2n) is 5.21. The number of thiocarbonyl (C=S) groups is 1. The Balaban J connectivity index is 1.86. The summed E-state index contributed by atoms with van der Waals surface area (Å²) in [5, 5.41) is 3.93. The number of methoxy groups -OCH3 is 1. The molecule has 1 aliphatic rings. The Kier molecular flexibility index (Phi) is 4.83. The van der Waals surface area contributed by atoms with E-state index in [1.54, 1.807) is 19.3 Å². The summed E-state index contributed by atoms with van der Waals surface area (Å²) in [6.45, 7) is 0.327. The first-order chi connectivity index (χ1) is 11.6. The molecule has 1 amide bonds. The molecule has 6 heteroatoms. The van der Waals surface area contributed by atoms with Gasteiger partial charge in [0.2, 0.25) is 0 Å². The fourth-order valence-electron chi connectivity index (χ4n) is 2.45. The highest BCUT2D eigenvalue weighted by Crippen LogP contribution is 2.24. The fourth-order valence-corrected chi connectivity index (χ4v) is 2.91. The monoisotopic (exact) mass is 358 g/mol. The predicted molar refractivity (Wildman–Crippen MR) is 98.7 cm³/mol. The maximum Gasteiger partial charge on any atom is 0.276 e. The summed E-state index contributed by atoms with van der Waals surface area (Å²) in [4.78, 5) is 14.2. The zero-order chi connectivity index (χ0) is 17.1. The molecule has 1 aliphatic heterocycles. The van der Waals surface area contributed by atoms with Crippen molar-refractivity contribution in [3.8, 4) is 5.75 Å². The molecule has 0 bridgehead atoms. The minimum atomic E-state index is -0.189. The molecule has 0 spiro atoms. The van der Waals surface area contributed by atoms with Crippen molar-refractivity contribution in [1.82, 2.24) is 10.2 Å². The van der Waals surface area contributed by atoms with Gasteiger partial charge in [-0.05, 0) is 36.0 Å². The third-order valence-corrected chi connectivity index (χ3v) is 4.38. The van der Waals surface area contributed by atoms with Crippen LogP contribution in [-0.2, 0) is 11.3 Å². The van der Waals surface area contributed by atoms with Crippen molar-refractivity contribution in [2.24, 2.45) is 0 Å². The number of halogens is 1. The van der Waals surface area contributed by atoms with Crippen LogP contribution in [0.5, 0.6) is 5.75 Å². The Bertz CT molecular complexity index is 835. The molecule has 2 aromatic carbocycles. The summed E-state index contributed by atoms with van der Waals surface area (Å²) >= 11 is 11.5. The van der Waals surface area contributed by atoms with E-state index in [1.807, 2.05) is 42.5 Å². The first-order valence-corrected chi connectivity index (χ1v) is 8.09. The van der Waals surface area contributed by atoms with E-state index in [-0.39, 0.29) is 5.91 Å². The Labute approximate surface area is 150 Å². The highest BCUT2D eigenvalue weighted by atomic mass is 35.5. The molecular weight excluding hydrogens is 344 g/mol. The van der Waals surface area contributed by atoms with Gasteiger partial charge in [-0.3, -0.25) is 9.69 Å². The number of ether oxygens (including phenoxy) is 1. The smallest absolute Gasteiger partial charge is 0.276 e. The van der Waals surface area contributed by atoms with Gasteiger partial charge in [-0.1, -0.05) is 48.0 Å². The summed E-state index contributed by atoms with van der Waals surface area (Å²) in [5.41, 5.74) is 2.06. The molecule has 0 aliphatic carbocycles. The minimum absolute atomic E-state index is 0.189. The number of hydrogen-bond acceptors (Lipinski definition) is 3. The van der Waals surface area contributed by atoms with E-state index in [0.29, 0.717) is 28.1 Å².